The third-order valence-corrected chi connectivity index (χ3v) is 3.16. The molecule has 2 rings (SSSR count). The van der Waals surface area contributed by atoms with Crippen molar-refractivity contribution in [2.75, 3.05) is 6.61 Å². The molecule has 1 aromatic carbocycles. The van der Waals surface area contributed by atoms with Crippen molar-refractivity contribution < 1.29 is 9.53 Å². The van der Waals surface area contributed by atoms with Gasteiger partial charge in [-0.3, -0.25) is 9.89 Å². The molecular weight excluding hydrogens is 256 g/mol. The predicted molar refractivity (Wildman–Crippen MR) is 76.5 cm³/mol. The minimum absolute atomic E-state index is 0.0778. The predicted octanol–water partition coefficient (Wildman–Crippen LogP) is 2.21. The van der Waals surface area contributed by atoms with Gasteiger partial charge in [0.25, 0.3) is 5.56 Å². The number of H-pyrrole nitrogens is 1. The number of hydrogen-bond donors (Lipinski definition) is 1. The molecule has 1 heterocycles. The number of aryl methyl sites for hydroxylation is 1. The van der Waals surface area contributed by atoms with Gasteiger partial charge in [-0.1, -0.05) is 13.0 Å². The number of hydrogen-bond acceptors (Lipinski definition) is 3. The Morgan fingerprint density at radius 1 is 1.35 bits per heavy atom. The molecule has 5 nitrogen and oxygen atoms in total. The summed E-state index contributed by atoms with van der Waals surface area (Å²) in [5.74, 6) is -0.388. The van der Waals surface area contributed by atoms with E-state index in [9.17, 15) is 9.59 Å². The van der Waals surface area contributed by atoms with Gasteiger partial charge in [0.15, 0.2) is 0 Å². The molecule has 5 heteroatoms. The van der Waals surface area contributed by atoms with Crippen LogP contribution in [0.15, 0.2) is 29.1 Å². The lowest BCUT2D eigenvalue weighted by Gasteiger charge is -2.05. The average molecular weight is 274 g/mol. The summed E-state index contributed by atoms with van der Waals surface area (Å²) >= 11 is 0. The van der Waals surface area contributed by atoms with Crippen molar-refractivity contribution in [2.45, 2.75) is 27.2 Å². The van der Waals surface area contributed by atoms with Crippen LogP contribution in [0.25, 0.3) is 5.69 Å². The maximum absolute atomic E-state index is 12.2. The number of esters is 1. The molecule has 0 spiro atoms. The highest BCUT2D eigenvalue weighted by Gasteiger charge is 2.12. The van der Waals surface area contributed by atoms with Crippen LogP contribution in [-0.4, -0.2) is 22.4 Å². The first kappa shape index (κ1) is 14.1. The van der Waals surface area contributed by atoms with Crippen LogP contribution in [0, 0.1) is 6.92 Å². The summed E-state index contributed by atoms with van der Waals surface area (Å²) in [5.41, 5.74) is 2.58. The number of aromatic amines is 1. The molecule has 0 aliphatic carbocycles. The fourth-order valence-corrected chi connectivity index (χ4v) is 2.17. The Hall–Kier alpha value is -2.30. The van der Waals surface area contributed by atoms with E-state index in [0.717, 1.165) is 11.3 Å². The summed E-state index contributed by atoms with van der Waals surface area (Å²) in [7, 11) is 0. The van der Waals surface area contributed by atoms with Gasteiger partial charge in [-0.05, 0) is 38.5 Å². The molecule has 0 fully saturated rings. The largest absolute Gasteiger partial charge is 0.462 e. The second-order valence-electron chi connectivity index (χ2n) is 4.48. The summed E-state index contributed by atoms with van der Waals surface area (Å²) in [5, 5.41) is 3.03. The second-order valence-corrected chi connectivity index (χ2v) is 4.48. The van der Waals surface area contributed by atoms with Crippen LogP contribution < -0.4 is 5.56 Å². The summed E-state index contributed by atoms with van der Waals surface area (Å²) < 4.78 is 6.42. The van der Waals surface area contributed by atoms with Gasteiger partial charge in [-0.15, -0.1) is 0 Å². The van der Waals surface area contributed by atoms with Crippen molar-refractivity contribution in [1.82, 2.24) is 9.78 Å². The number of nitrogens with one attached hydrogen (secondary N) is 1. The van der Waals surface area contributed by atoms with E-state index in [0.29, 0.717) is 24.3 Å². The highest BCUT2D eigenvalue weighted by molar-refractivity contribution is 5.90. The number of aromatic nitrogens is 2. The second kappa shape index (κ2) is 5.77. The Kier molecular flexibility index (Phi) is 4.08. The van der Waals surface area contributed by atoms with E-state index in [-0.39, 0.29) is 11.5 Å². The molecular formula is C15H18N2O3. The zero-order chi connectivity index (χ0) is 14.7. The van der Waals surface area contributed by atoms with Gasteiger partial charge in [0, 0.05) is 11.3 Å². The lowest BCUT2D eigenvalue weighted by Crippen LogP contribution is -2.17. The molecule has 0 radical (unpaired) electrons. The first-order valence-electron chi connectivity index (χ1n) is 6.66. The standard InChI is InChI=1S/C15H18N2O3/c1-4-13-10(3)16-17(14(13)18)12-8-6-7-11(9-12)15(19)20-5-2/h6-9,16H,4-5H2,1-3H3. The van der Waals surface area contributed by atoms with Gasteiger partial charge in [-0.2, -0.15) is 0 Å². The average Bonchev–Trinajstić information content (AvgIpc) is 2.74. The van der Waals surface area contributed by atoms with Gasteiger partial charge in [0.1, 0.15) is 0 Å². The van der Waals surface area contributed by atoms with E-state index in [1.165, 1.54) is 4.68 Å². The third-order valence-electron chi connectivity index (χ3n) is 3.16. The lowest BCUT2D eigenvalue weighted by molar-refractivity contribution is 0.0526. The molecule has 0 saturated heterocycles. The monoisotopic (exact) mass is 274 g/mol. The Labute approximate surface area is 117 Å². The normalized spacial score (nSPS) is 10.6. The zero-order valence-electron chi connectivity index (χ0n) is 11.9. The van der Waals surface area contributed by atoms with Crippen LogP contribution in [0.4, 0.5) is 0 Å². The summed E-state index contributed by atoms with van der Waals surface area (Å²) in [6.45, 7) is 5.89. The van der Waals surface area contributed by atoms with Crippen LogP contribution in [-0.2, 0) is 11.2 Å². The van der Waals surface area contributed by atoms with Gasteiger partial charge >= 0.3 is 5.97 Å². The van der Waals surface area contributed by atoms with E-state index < -0.39 is 0 Å². The number of ether oxygens (including phenoxy) is 1. The van der Waals surface area contributed by atoms with Crippen molar-refractivity contribution in [1.29, 1.82) is 0 Å². The fourth-order valence-electron chi connectivity index (χ4n) is 2.17. The molecule has 0 saturated carbocycles. The van der Waals surface area contributed by atoms with E-state index in [1.54, 1.807) is 31.2 Å². The number of nitrogens with zero attached hydrogens (tertiary/aromatic N) is 1. The minimum Gasteiger partial charge on any atom is -0.462 e. The lowest BCUT2D eigenvalue weighted by atomic mass is 10.2. The Morgan fingerprint density at radius 3 is 2.70 bits per heavy atom. The van der Waals surface area contributed by atoms with Crippen molar-refractivity contribution in [3.05, 3.63) is 51.4 Å². The van der Waals surface area contributed by atoms with E-state index >= 15 is 0 Å². The Bertz CT molecular complexity index is 683. The van der Waals surface area contributed by atoms with Crippen molar-refractivity contribution in [2.24, 2.45) is 0 Å². The van der Waals surface area contributed by atoms with Crippen LogP contribution in [0.2, 0.25) is 0 Å². The van der Waals surface area contributed by atoms with Crippen LogP contribution >= 0.6 is 0 Å². The van der Waals surface area contributed by atoms with Gasteiger partial charge in [0.2, 0.25) is 0 Å². The van der Waals surface area contributed by atoms with Crippen molar-refractivity contribution in [3.63, 3.8) is 0 Å². The van der Waals surface area contributed by atoms with Gasteiger partial charge < -0.3 is 4.74 Å². The molecule has 0 bridgehead atoms. The molecule has 0 aliphatic rings. The molecule has 1 aromatic heterocycles. The van der Waals surface area contributed by atoms with E-state index in [2.05, 4.69) is 5.10 Å². The number of rotatable bonds is 4. The first-order valence-corrected chi connectivity index (χ1v) is 6.66. The van der Waals surface area contributed by atoms with Crippen LogP contribution in [0.1, 0.15) is 35.5 Å². The molecule has 106 valence electrons. The molecule has 0 unspecified atom stereocenters. The first-order chi connectivity index (χ1) is 9.58. The highest BCUT2D eigenvalue weighted by Crippen LogP contribution is 2.11. The fraction of sp³-hybridized carbons (Fsp3) is 0.333. The molecule has 20 heavy (non-hydrogen) atoms. The minimum atomic E-state index is -0.388. The van der Waals surface area contributed by atoms with Crippen molar-refractivity contribution in [3.8, 4) is 5.69 Å². The number of carbonyl (C=O) groups is 1. The third kappa shape index (κ3) is 2.52. The van der Waals surface area contributed by atoms with Gasteiger partial charge in [-0.25, -0.2) is 9.48 Å². The molecule has 0 atom stereocenters. The Balaban J connectivity index is 2.46. The zero-order valence-corrected chi connectivity index (χ0v) is 11.9. The van der Waals surface area contributed by atoms with E-state index in [4.69, 9.17) is 4.74 Å². The Morgan fingerprint density at radius 2 is 2.10 bits per heavy atom. The van der Waals surface area contributed by atoms with Crippen LogP contribution in [0.5, 0.6) is 0 Å². The summed E-state index contributed by atoms with van der Waals surface area (Å²) in [6, 6.07) is 6.83. The quantitative estimate of drug-likeness (QED) is 0.869. The van der Waals surface area contributed by atoms with Crippen LogP contribution in [0.3, 0.4) is 0 Å². The number of benzene rings is 1. The maximum atomic E-state index is 12.2. The van der Waals surface area contributed by atoms with Gasteiger partial charge in [0.05, 0.1) is 17.9 Å². The summed E-state index contributed by atoms with van der Waals surface area (Å²) in [4.78, 5) is 24.0. The molecule has 0 amide bonds. The van der Waals surface area contributed by atoms with E-state index in [1.807, 2.05) is 13.8 Å². The topological polar surface area (TPSA) is 64.1 Å². The smallest absolute Gasteiger partial charge is 0.338 e. The molecule has 2 aromatic rings. The SMILES string of the molecule is CCOC(=O)c1cccc(-n2[nH]c(C)c(CC)c2=O)c1. The maximum Gasteiger partial charge on any atom is 0.338 e. The molecule has 0 aliphatic heterocycles. The summed E-state index contributed by atoms with van der Waals surface area (Å²) in [6.07, 6.45) is 0.672. The van der Waals surface area contributed by atoms with Crippen molar-refractivity contribution >= 4 is 5.97 Å². The highest BCUT2D eigenvalue weighted by atomic mass is 16.5. The number of carbonyl (C=O) groups excluding carboxylic acids is 1. The molecule has 1 N–H and O–H groups in total.